The summed E-state index contributed by atoms with van der Waals surface area (Å²) < 4.78 is 5.16. The van der Waals surface area contributed by atoms with Gasteiger partial charge in [0.05, 0.1) is 12.0 Å². The maximum atomic E-state index is 12.2. The number of hydrogen-bond acceptors (Lipinski definition) is 4. The molecule has 5 nitrogen and oxygen atoms in total. The lowest BCUT2D eigenvalue weighted by molar-refractivity contribution is -0.133. The summed E-state index contributed by atoms with van der Waals surface area (Å²) in [5, 5.41) is 18.3. The van der Waals surface area contributed by atoms with Crippen LogP contribution < -0.4 is 4.74 Å². The number of rotatable bonds is 7. The Kier molecular flexibility index (Phi) is 6.19. The summed E-state index contributed by atoms with van der Waals surface area (Å²) in [4.78, 5) is 13.9. The van der Waals surface area contributed by atoms with Crippen LogP contribution in [0.1, 0.15) is 26.3 Å². The third kappa shape index (κ3) is 6.28. The van der Waals surface area contributed by atoms with Crippen molar-refractivity contribution < 1.29 is 14.6 Å². The second kappa shape index (κ2) is 7.65. The molecule has 1 rings (SSSR count). The van der Waals surface area contributed by atoms with E-state index < -0.39 is 5.60 Å². The Balaban J connectivity index is 2.63. The van der Waals surface area contributed by atoms with Crippen LogP contribution in [0.4, 0.5) is 0 Å². The van der Waals surface area contributed by atoms with Gasteiger partial charge in [0, 0.05) is 13.1 Å². The van der Waals surface area contributed by atoms with E-state index in [1.165, 1.54) is 0 Å². The minimum Gasteiger partial charge on any atom is -0.479 e. The Hall–Kier alpha value is -2.06. The van der Waals surface area contributed by atoms with E-state index in [-0.39, 0.29) is 18.9 Å². The molecule has 0 saturated heterocycles. The van der Waals surface area contributed by atoms with Gasteiger partial charge in [-0.15, -0.1) is 0 Å². The van der Waals surface area contributed by atoms with Crippen LogP contribution in [0.2, 0.25) is 0 Å². The quantitative estimate of drug-likeness (QED) is 0.830. The fourth-order valence-corrected chi connectivity index (χ4v) is 1.95. The molecule has 0 aromatic heterocycles. The van der Waals surface area contributed by atoms with Gasteiger partial charge in [0.1, 0.15) is 11.8 Å². The zero-order valence-electron chi connectivity index (χ0n) is 12.8. The largest absolute Gasteiger partial charge is 0.479 e. The molecule has 0 atom stereocenters. The molecule has 1 aromatic carbocycles. The second-order valence-corrected chi connectivity index (χ2v) is 5.49. The highest BCUT2D eigenvalue weighted by molar-refractivity contribution is 5.78. The van der Waals surface area contributed by atoms with E-state index >= 15 is 0 Å². The Morgan fingerprint density at radius 2 is 2.00 bits per heavy atom. The Morgan fingerprint density at radius 1 is 1.38 bits per heavy atom. The molecular formula is C16H22N2O3. The first kappa shape index (κ1) is 17.0. The summed E-state index contributed by atoms with van der Waals surface area (Å²) in [7, 11) is 0. The molecule has 0 fully saturated rings. The first-order valence-electron chi connectivity index (χ1n) is 6.94. The van der Waals surface area contributed by atoms with E-state index in [1.807, 2.05) is 25.1 Å². The molecule has 0 heterocycles. The van der Waals surface area contributed by atoms with Crippen molar-refractivity contribution >= 4 is 5.91 Å². The first-order valence-corrected chi connectivity index (χ1v) is 6.94. The molecule has 1 amide bonds. The monoisotopic (exact) mass is 290 g/mol. The molecule has 0 aliphatic rings. The van der Waals surface area contributed by atoms with Gasteiger partial charge in [-0.05, 0) is 38.5 Å². The van der Waals surface area contributed by atoms with Crippen molar-refractivity contribution in [1.29, 1.82) is 5.26 Å². The van der Waals surface area contributed by atoms with E-state index in [9.17, 15) is 9.90 Å². The fourth-order valence-electron chi connectivity index (χ4n) is 1.95. The maximum Gasteiger partial charge on any atom is 0.227 e. The van der Waals surface area contributed by atoms with Gasteiger partial charge in [0.2, 0.25) is 5.91 Å². The van der Waals surface area contributed by atoms with Crippen molar-refractivity contribution in [3.05, 3.63) is 29.8 Å². The molecule has 0 aliphatic heterocycles. The van der Waals surface area contributed by atoms with Crippen LogP contribution in [0.25, 0.3) is 0 Å². The summed E-state index contributed by atoms with van der Waals surface area (Å²) >= 11 is 0. The van der Waals surface area contributed by atoms with Gasteiger partial charge in [-0.3, -0.25) is 4.79 Å². The normalized spacial score (nSPS) is 10.8. The van der Waals surface area contributed by atoms with Gasteiger partial charge in [0.25, 0.3) is 0 Å². The fraction of sp³-hybridized carbons (Fsp3) is 0.500. The van der Waals surface area contributed by atoms with Crippen LogP contribution in [0.3, 0.4) is 0 Å². The van der Waals surface area contributed by atoms with Gasteiger partial charge < -0.3 is 14.7 Å². The van der Waals surface area contributed by atoms with Gasteiger partial charge in [-0.1, -0.05) is 12.1 Å². The lowest BCUT2D eigenvalue weighted by atomic mass is 10.1. The van der Waals surface area contributed by atoms with Crippen LogP contribution in [-0.4, -0.2) is 41.2 Å². The van der Waals surface area contributed by atoms with Gasteiger partial charge in [-0.25, -0.2) is 0 Å². The Labute approximate surface area is 125 Å². The van der Waals surface area contributed by atoms with Crippen LogP contribution in [-0.2, 0) is 11.2 Å². The number of amides is 1. The summed E-state index contributed by atoms with van der Waals surface area (Å²) in [6.07, 6.45) is 0.280. The van der Waals surface area contributed by atoms with Crippen molar-refractivity contribution in [2.45, 2.75) is 32.8 Å². The average molecular weight is 290 g/mol. The number of nitrogens with zero attached hydrogens (tertiary/aromatic N) is 2. The molecule has 1 N–H and O–H groups in total. The van der Waals surface area contributed by atoms with Crippen molar-refractivity contribution in [3.63, 3.8) is 0 Å². The Morgan fingerprint density at radius 3 is 2.48 bits per heavy atom. The molecule has 0 spiro atoms. The highest BCUT2D eigenvalue weighted by Gasteiger charge is 2.21. The van der Waals surface area contributed by atoms with E-state index in [0.29, 0.717) is 18.8 Å². The topological polar surface area (TPSA) is 73.6 Å². The Bertz CT molecular complexity index is 498. The molecule has 0 unspecified atom stereocenters. The highest BCUT2D eigenvalue weighted by atomic mass is 16.5. The zero-order valence-corrected chi connectivity index (χ0v) is 12.8. The molecule has 5 heteroatoms. The number of carbonyl (C=O) groups excluding carboxylic acids is 1. The van der Waals surface area contributed by atoms with Crippen LogP contribution >= 0.6 is 0 Å². The van der Waals surface area contributed by atoms with Gasteiger partial charge in [0.15, 0.2) is 6.61 Å². The zero-order chi connectivity index (χ0) is 15.9. The smallest absolute Gasteiger partial charge is 0.227 e. The van der Waals surface area contributed by atoms with Crippen LogP contribution in [0, 0.1) is 11.3 Å². The summed E-state index contributed by atoms with van der Waals surface area (Å²) in [5.74, 6) is 0.585. The van der Waals surface area contributed by atoms with E-state index in [4.69, 9.17) is 10.00 Å². The predicted octanol–water partition coefficient (Wildman–Crippen LogP) is 1.75. The predicted molar refractivity (Wildman–Crippen MR) is 79.8 cm³/mol. The number of benzene rings is 1. The lowest BCUT2D eigenvalue weighted by Gasteiger charge is -2.28. The minimum atomic E-state index is -0.902. The third-order valence-electron chi connectivity index (χ3n) is 2.89. The summed E-state index contributed by atoms with van der Waals surface area (Å²) in [6.45, 7) is 6.14. The molecule has 1 aromatic rings. The summed E-state index contributed by atoms with van der Waals surface area (Å²) in [5.41, 5.74) is -0.0285. The van der Waals surface area contributed by atoms with Crippen molar-refractivity contribution in [3.8, 4) is 11.8 Å². The maximum absolute atomic E-state index is 12.2. The molecule has 0 aliphatic carbocycles. The van der Waals surface area contributed by atoms with Gasteiger partial charge >= 0.3 is 0 Å². The number of aliphatic hydroxyl groups is 1. The number of hydrogen-bond donors (Lipinski definition) is 1. The number of carbonyl (C=O) groups is 1. The summed E-state index contributed by atoms with van der Waals surface area (Å²) in [6, 6.07) is 9.00. The molecule has 0 bridgehead atoms. The number of ether oxygens (including phenoxy) is 1. The van der Waals surface area contributed by atoms with Gasteiger partial charge in [-0.2, -0.15) is 5.26 Å². The average Bonchev–Trinajstić information content (AvgIpc) is 2.43. The van der Waals surface area contributed by atoms with Crippen molar-refractivity contribution in [2.24, 2.45) is 0 Å². The molecule has 0 radical (unpaired) electrons. The molecule has 114 valence electrons. The number of likely N-dealkylation sites (N-methyl/N-ethyl adjacent to an activating group) is 1. The van der Waals surface area contributed by atoms with E-state index in [1.54, 1.807) is 30.9 Å². The highest BCUT2D eigenvalue weighted by Crippen LogP contribution is 2.14. The second-order valence-electron chi connectivity index (χ2n) is 5.49. The van der Waals surface area contributed by atoms with E-state index in [0.717, 1.165) is 5.56 Å². The van der Waals surface area contributed by atoms with Crippen LogP contribution in [0.15, 0.2) is 24.3 Å². The minimum absolute atomic E-state index is 0.00741. The van der Waals surface area contributed by atoms with Crippen LogP contribution in [0.5, 0.6) is 5.75 Å². The number of nitriles is 1. The SMILES string of the molecule is CCN(CC(C)(C)O)C(=O)Cc1ccc(OCC#N)cc1. The van der Waals surface area contributed by atoms with Crippen molar-refractivity contribution in [2.75, 3.05) is 19.7 Å². The molecular weight excluding hydrogens is 268 g/mol. The molecule has 21 heavy (non-hydrogen) atoms. The lowest BCUT2D eigenvalue weighted by Crippen LogP contribution is -2.42. The van der Waals surface area contributed by atoms with E-state index in [2.05, 4.69) is 0 Å². The third-order valence-corrected chi connectivity index (χ3v) is 2.89. The van der Waals surface area contributed by atoms with Crippen molar-refractivity contribution in [1.82, 2.24) is 4.90 Å². The first-order chi connectivity index (χ1) is 9.85. The standard InChI is InChI=1S/C16H22N2O3/c1-4-18(12-16(2,3)20)15(19)11-13-5-7-14(8-6-13)21-10-9-17/h5-8,20H,4,10-12H2,1-3H3. The molecule has 0 saturated carbocycles.